The monoisotopic (exact) mass is 363 g/mol. The largest absolute Gasteiger partial charge is 0.508 e. The van der Waals surface area contributed by atoms with Gasteiger partial charge in [0.15, 0.2) is 6.10 Å². The molecule has 1 atom stereocenters. The molecule has 5 nitrogen and oxygen atoms in total. The lowest BCUT2D eigenvalue weighted by atomic mass is 10.2. The van der Waals surface area contributed by atoms with Crippen LogP contribution in [0.5, 0.6) is 5.75 Å². The van der Waals surface area contributed by atoms with Crippen LogP contribution in [-0.4, -0.2) is 23.1 Å². The molecule has 0 aliphatic heterocycles. The predicted octanol–water partition coefficient (Wildman–Crippen LogP) is 3.34. The highest BCUT2D eigenvalue weighted by atomic mass is 79.9. The van der Waals surface area contributed by atoms with Crippen molar-refractivity contribution in [2.24, 2.45) is 0 Å². The number of benzene rings is 2. The topological polar surface area (TPSA) is 75.6 Å². The molecule has 0 aliphatic carbocycles. The maximum absolute atomic E-state index is 12.0. The van der Waals surface area contributed by atoms with E-state index in [1.807, 2.05) is 0 Å². The Morgan fingerprint density at radius 1 is 1.18 bits per heavy atom. The summed E-state index contributed by atoms with van der Waals surface area (Å²) in [5.41, 5.74) is 0.789. The number of nitrogens with one attached hydrogen (secondary N) is 1. The standard InChI is InChI=1S/C16H14BrNO4/c1-10(15(20)18-13-7-5-12(17)6-8-13)22-16(21)11-3-2-4-14(19)9-11/h2-10,19H,1H3,(H,18,20). The van der Waals surface area contributed by atoms with Crippen LogP contribution in [0.1, 0.15) is 17.3 Å². The number of carbonyl (C=O) groups excluding carboxylic acids is 2. The number of carbonyl (C=O) groups is 2. The van der Waals surface area contributed by atoms with Gasteiger partial charge >= 0.3 is 5.97 Å². The van der Waals surface area contributed by atoms with E-state index in [-0.39, 0.29) is 11.3 Å². The number of hydrogen-bond donors (Lipinski definition) is 2. The molecular formula is C16H14BrNO4. The van der Waals surface area contributed by atoms with Crippen LogP contribution in [0.2, 0.25) is 0 Å². The van der Waals surface area contributed by atoms with Gasteiger partial charge in [-0.2, -0.15) is 0 Å². The molecule has 1 unspecified atom stereocenters. The highest BCUT2D eigenvalue weighted by Gasteiger charge is 2.19. The Kier molecular flexibility index (Phi) is 5.16. The van der Waals surface area contributed by atoms with E-state index < -0.39 is 18.0 Å². The van der Waals surface area contributed by atoms with Gasteiger partial charge in [0.1, 0.15) is 5.75 Å². The van der Waals surface area contributed by atoms with Gasteiger partial charge in [-0.3, -0.25) is 4.79 Å². The molecule has 0 saturated carbocycles. The van der Waals surface area contributed by atoms with Crippen LogP contribution in [0.25, 0.3) is 0 Å². The summed E-state index contributed by atoms with van der Waals surface area (Å²) in [6, 6.07) is 12.8. The van der Waals surface area contributed by atoms with Crippen molar-refractivity contribution in [1.82, 2.24) is 0 Å². The molecule has 2 N–H and O–H groups in total. The van der Waals surface area contributed by atoms with Gasteiger partial charge in [0.2, 0.25) is 0 Å². The van der Waals surface area contributed by atoms with Crippen molar-refractivity contribution >= 4 is 33.5 Å². The molecule has 6 heteroatoms. The lowest BCUT2D eigenvalue weighted by Gasteiger charge is -2.13. The summed E-state index contributed by atoms with van der Waals surface area (Å²) in [6.45, 7) is 1.48. The van der Waals surface area contributed by atoms with E-state index >= 15 is 0 Å². The molecule has 114 valence electrons. The van der Waals surface area contributed by atoms with Crippen LogP contribution in [0.3, 0.4) is 0 Å². The third kappa shape index (κ3) is 4.33. The molecule has 0 aliphatic rings. The van der Waals surface area contributed by atoms with Crippen molar-refractivity contribution < 1.29 is 19.4 Å². The Hall–Kier alpha value is -2.34. The molecule has 0 spiro atoms. The summed E-state index contributed by atoms with van der Waals surface area (Å²) in [5, 5.41) is 12.0. The van der Waals surface area contributed by atoms with Crippen molar-refractivity contribution in [3.63, 3.8) is 0 Å². The Morgan fingerprint density at radius 3 is 2.50 bits per heavy atom. The van der Waals surface area contributed by atoms with E-state index in [9.17, 15) is 14.7 Å². The Morgan fingerprint density at radius 2 is 1.86 bits per heavy atom. The SMILES string of the molecule is CC(OC(=O)c1cccc(O)c1)C(=O)Nc1ccc(Br)cc1. The average Bonchev–Trinajstić information content (AvgIpc) is 2.49. The van der Waals surface area contributed by atoms with Crippen LogP contribution in [0.15, 0.2) is 53.0 Å². The van der Waals surface area contributed by atoms with Crippen LogP contribution in [0, 0.1) is 0 Å². The van der Waals surface area contributed by atoms with Gasteiger partial charge in [0.05, 0.1) is 5.56 Å². The molecule has 1 amide bonds. The number of amides is 1. The Labute approximate surface area is 136 Å². The molecule has 0 aromatic heterocycles. The summed E-state index contributed by atoms with van der Waals surface area (Å²) < 4.78 is 5.97. The molecule has 0 heterocycles. The quantitative estimate of drug-likeness (QED) is 0.816. The second kappa shape index (κ2) is 7.09. The zero-order valence-electron chi connectivity index (χ0n) is 11.7. The normalized spacial score (nSPS) is 11.5. The first kappa shape index (κ1) is 16.0. The lowest BCUT2D eigenvalue weighted by molar-refractivity contribution is -0.123. The Balaban J connectivity index is 1.96. The fourth-order valence-electron chi connectivity index (χ4n) is 1.69. The average molecular weight is 364 g/mol. The van der Waals surface area contributed by atoms with Crippen molar-refractivity contribution in [1.29, 1.82) is 0 Å². The van der Waals surface area contributed by atoms with Gasteiger partial charge < -0.3 is 15.2 Å². The number of phenols is 1. The number of aromatic hydroxyl groups is 1. The van der Waals surface area contributed by atoms with Crippen LogP contribution in [0.4, 0.5) is 5.69 Å². The summed E-state index contributed by atoms with van der Waals surface area (Å²) in [7, 11) is 0. The number of hydrogen-bond acceptors (Lipinski definition) is 4. The van der Waals surface area contributed by atoms with Crippen molar-refractivity contribution in [2.75, 3.05) is 5.32 Å². The van der Waals surface area contributed by atoms with Crippen molar-refractivity contribution in [3.05, 3.63) is 58.6 Å². The van der Waals surface area contributed by atoms with E-state index in [1.54, 1.807) is 24.3 Å². The minimum Gasteiger partial charge on any atom is -0.508 e. The molecule has 0 radical (unpaired) electrons. The highest BCUT2D eigenvalue weighted by molar-refractivity contribution is 9.10. The molecule has 2 aromatic rings. The molecule has 2 aromatic carbocycles. The smallest absolute Gasteiger partial charge is 0.339 e. The number of phenolic OH excluding ortho intramolecular Hbond substituents is 1. The highest BCUT2D eigenvalue weighted by Crippen LogP contribution is 2.15. The van der Waals surface area contributed by atoms with E-state index in [2.05, 4.69) is 21.2 Å². The van der Waals surface area contributed by atoms with E-state index in [0.29, 0.717) is 5.69 Å². The minimum absolute atomic E-state index is 0.0404. The van der Waals surface area contributed by atoms with Crippen molar-refractivity contribution in [2.45, 2.75) is 13.0 Å². The lowest BCUT2D eigenvalue weighted by Crippen LogP contribution is -2.29. The van der Waals surface area contributed by atoms with Gasteiger partial charge in [0, 0.05) is 10.2 Å². The molecule has 0 saturated heterocycles. The molecule has 0 fully saturated rings. The third-order valence-corrected chi connectivity index (χ3v) is 3.38. The first-order valence-corrected chi connectivity index (χ1v) is 7.31. The number of rotatable bonds is 4. The number of anilines is 1. The van der Waals surface area contributed by atoms with Gasteiger partial charge in [-0.15, -0.1) is 0 Å². The number of ether oxygens (including phenoxy) is 1. The summed E-state index contributed by atoms with van der Waals surface area (Å²) in [6.07, 6.45) is -0.960. The molecule has 22 heavy (non-hydrogen) atoms. The van der Waals surface area contributed by atoms with Gasteiger partial charge in [0.25, 0.3) is 5.91 Å². The number of esters is 1. The van der Waals surface area contributed by atoms with Gasteiger partial charge in [-0.05, 0) is 49.4 Å². The van der Waals surface area contributed by atoms with Gasteiger partial charge in [-0.1, -0.05) is 22.0 Å². The third-order valence-electron chi connectivity index (χ3n) is 2.85. The fourth-order valence-corrected chi connectivity index (χ4v) is 1.96. The van der Waals surface area contributed by atoms with Crippen LogP contribution in [-0.2, 0) is 9.53 Å². The van der Waals surface area contributed by atoms with Crippen molar-refractivity contribution in [3.8, 4) is 5.75 Å². The van der Waals surface area contributed by atoms with Gasteiger partial charge in [-0.25, -0.2) is 4.79 Å². The van der Waals surface area contributed by atoms with E-state index in [0.717, 1.165) is 4.47 Å². The zero-order valence-corrected chi connectivity index (χ0v) is 13.3. The molecular weight excluding hydrogens is 350 g/mol. The molecule has 2 rings (SSSR count). The first-order valence-electron chi connectivity index (χ1n) is 6.52. The predicted molar refractivity (Wildman–Crippen MR) is 85.8 cm³/mol. The Bertz CT molecular complexity index is 685. The van der Waals surface area contributed by atoms with Crippen LogP contribution < -0.4 is 5.32 Å². The van der Waals surface area contributed by atoms with E-state index in [1.165, 1.54) is 31.2 Å². The molecule has 0 bridgehead atoms. The first-order chi connectivity index (χ1) is 10.5. The number of halogens is 1. The fraction of sp³-hybridized carbons (Fsp3) is 0.125. The second-order valence-electron chi connectivity index (χ2n) is 4.59. The minimum atomic E-state index is -0.960. The summed E-state index contributed by atoms with van der Waals surface area (Å²) in [4.78, 5) is 23.9. The second-order valence-corrected chi connectivity index (χ2v) is 5.51. The summed E-state index contributed by atoms with van der Waals surface area (Å²) >= 11 is 3.30. The van der Waals surface area contributed by atoms with Crippen LogP contribution >= 0.6 is 15.9 Å². The summed E-state index contributed by atoms with van der Waals surface area (Å²) in [5.74, 6) is -1.15. The van der Waals surface area contributed by atoms with E-state index in [4.69, 9.17) is 4.74 Å². The maximum Gasteiger partial charge on any atom is 0.339 e. The maximum atomic E-state index is 12.0. The zero-order chi connectivity index (χ0) is 16.1.